The highest BCUT2D eigenvalue weighted by Crippen LogP contribution is 2.30. The molecule has 1 N–H and O–H groups in total. The van der Waals surface area contributed by atoms with Crippen LogP contribution in [0.15, 0.2) is 92.3 Å². The number of azo groups is 1. The highest BCUT2D eigenvalue weighted by atomic mass is 79.9. The third kappa shape index (κ3) is 4.85. The molecule has 0 aliphatic heterocycles. The molecule has 1 aromatic heterocycles. The molecule has 0 unspecified atom stereocenters. The first-order valence-corrected chi connectivity index (χ1v) is 11.7. The van der Waals surface area contributed by atoms with Crippen molar-refractivity contribution in [3.8, 4) is 23.0 Å². The van der Waals surface area contributed by atoms with E-state index in [0.717, 1.165) is 10.0 Å². The largest absolute Gasteiger partial charge is 0.494 e. The van der Waals surface area contributed by atoms with Gasteiger partial charge in [-0.05, 0) is 86.7 Å². The molecule has 0 fully saturated rings. The van der Waals surface area contributed by atoms with Crippen LogP contribution in [-0.2, 0) is 0 Å². The van der Waals surface area contributed by atoms with Gasteiger partial charge in [0.15, 0.2) is 4.77 Å². The zero-order valence-electron chi connectivity index (χ0n) is 18.5. The highest BCUT2D eigenvalue weighted by molar-refractivity contribution is 9.10. The molecule has 0 atom stereocenters. The second-order valence-electron chi connectivity index (χ2n) is 7.37. The standard InChI is InChI=1S/C25H21BrN4O3S/c1-3-33-21-14-12-20(13-15-21)30-24(32)22(28-27-18-8-4-16(2)5-9-18)23(31)29(25(30)34)19-10-6-17(26)7-11-19/h4-15,31H,3H2,1-2H3. The van der Waals surface area contributed by atoms with Gasteiger partial charge in [-0.1, -0.05) is 33.6 Å². The molecule has 4 rings (SSSR count). The summed E-state index contributed by atoms with van der Waals surface area (Å²) in [4.78, 5) is 13.5. The second-order valence-corrected chi connectivity index (χ2v) is 8.65. The van der Waals surface area contributed by atoms with Crippen LogP contribution < -0.4 is 10.3 Å². The summed E-state index contributed by atoms with van der Waals surface area (Å²) in [5, 5.41) is 19.4. The van der Waals surface area contributed by atoms with Gasteiger partial charge in [-0.25, -0.2) is 0 Å². The van der Waals surface area contributed by atoms with Crippen molar-refractivity contribution < 1.29 is 9.84 Å². The summed E-state index contributed by atoms with van der Waals surface area (Å²) in [6.07, 6.45) is 0. The van der Waals surface area contributed by atoms with Crippen LogP contribution in [-0.4, -0.2) is 20.8 Å². The van der Waals surface area contributed by atoms with Crippen molar-refractivity contribution in [3.63, 3.8) is 0 Å². The number of aromatic hydroxyl groups is 1. The van der Waals surface area contributed by atoms with Gasteiger partial charge in [0.2, 0.25) is 11.6 Å². The maximum atomic E-state index is 13.5. The Morgan fingerprint density at radius 1 is 0.912 bits per heavy atom. The summed E-state index contributed by atoms with van der Waals surface area (Å²) < 4.78 is 9.16. The molecule has 3 aromatic carbocycles. The number of halogens is 1. The Morgan fingerprint density at radius 3 is 2.12 bits per heavy atom. The highest BCUT2D eigenvalue weighted by Gasteiger charge is 2.19. The van der Waals surface area contributed by atoms with Gasteiger partial charge in [0.05, 0.1) is 23.7 Å². The molecule has 9 heteroatoms. The minimum Gasteiger partial charge on any atom is -0.494 e. The lowest BCUT2D eigenvalue weighted by Gasteiger charge is -2.16. The van der Waals surface area contributed by atoms with Crippen molar-refractivity contribution >= 4 is 39.5 Å². The molecule has 34 heavy (non-hydrogen) atoms. The van der Waals surface area contributed by atoms with Crippen molar-refractivity contribution in [1.82, 2.24) is 9.13 Å². The van der Waals surface area contributed by atoms with E-state index in [4.69, 9.17) is 17.0 Å². The summed E-state index contributed by atoms with van der Waals surface area (Å²) in [6.45, 7) is 4.38. The SMILES string of the molecule is CCOc1ccc(-n2c(=O)c(N=Nc3ccc(C)cc3)c(O)n(-c3ccc(Br)cc3)c2=S)cc1. The Kier molecular flexibility index (Phi) is 7.04. The van der Waals surface area contributed by atoms with Crippen LogP contribution in [0.25, 0.3) is 11.4 Å². The van der Waals surface area contributed by atoms with Crippen LogP contribution in [0.2, 0.25) is 0 Å². The zero-order chi connectivity index (χ0) is 24.2. The molecule has 0 aliphatic carbocycles. The quantitative estimate of drug-likeness (QED) is 0.213. The van der Waals surface area contributed by atoms with E-state index in [9.17, 15) is 9.90 Å². The monoisotopic (exact) mass is 536 g/mol. The van der Waals surface area contributed by atoms with Crippen LogP contribution in [0.5, 0.6) is 11.6 Å². The molecule has 0 saturated heterocycles. The number of nitrogens with zero attached hydrogens (tertiary/aromatic N) is 4. The molecule has 0 bridgehead atoms. The van der Waals surface area contributed by atoms with E-state index in [2.05, 4.69) is 26.2 Å². The zero-order valence-corrected chi connectivity index (χ0v) is 20.9. The van der Waals surface area contributed by atoms with Gasteiger partial charge in [0.25, 0.3) is 5.56 Å². The summed E-state index contributed by atoms with van der Waals surface area (Å²) in [6, 6.07) is 21.5. The van der Waals surface area contributed by atoms with Gasteiger partial charge in [-0.3, -0.25) is 13.9 Å². The first-order valence-electron chi connectivity index (χ1n) is 10.5. The summed E-state index contributed by atoms with van der Waals surface area (Å²) in [7, 11) is 0. The lowest BCUT2D eigenvalue weighted by atomic mass is 10.2. The Labute approximate surface area is 209 Å². The number of ether oxygens (including phenoxy) is 1. The van der Waals surface area contributed by atoms with Gasteiger partial charge >= 0.3 is 0 Å². The topological polar surface area (TPSA) is 81.1 Å². The minimum atomic E-state index is -0.587. The molecular formula is C25H21BrN4O3S. The van der Waals surface area contributed by atoms with Gasteiger partial charge < -0.3 is 9.84 Å². The molecule has 1 heterocycles. The van der Waals surface area contributed by atoms with E-state index in [-0.39, 0.29) is 10.5 Å². The van der Waals surface area contributed by atoms with Crippen molar-refractivity contribution in [1.29, 1.82) is 0 Å². The molecule has 0 saturated carbocycles. The van der Waals surface area contributed by atoms with E-state index in [1.807, 2.05) is 38.1 Å². The first-order chi connectivity index (χ1) is 16.4. The number of hydrogen-bond acceptors (Lipinski definition) is 6. The van der Waals surface area contributed by atoms with Gasteiger partial charge in [-0.2, -0.15) is 5.11 Å². The summed E-state index contributed by atoms with van der Waals surface area (Å²) in [5.74, 6) is 0.277. The van der Waals surface area contributed by atoms with Crippen molar-refractivity contribution in [2.45, 2.75) is 13.8 Å². The third-order valence-corrected chi connectivity index (χ3v) is 5.90. The fraction of sp³-hybridized carbons (Fsp3) is 0.120. The number of benzene rings is 3. The van der Waals surface area contributed by atoms with Crippen LogP contribution >= 0.6 is 28.1 Å². The number of aryl methyl sites for hydroxylation is 1. The maximum Gasteiger partial charge on any atom is 0.290 e. The smallest absolute Gasteiger partial charge is 0.290 e. The lowest BCUT2D eigenvalue weighted by Crippen LogP contribution is -2.23. The van der Waals surface area contributed by atoms with Gasteiger partial charge in [-0.15, -0.1) is 5.11 Å². The Balaban J connectivity index is 1.94. The fourth-order valence-electron chi connectivity index (χ4n) is 3.30. The first kappa shape index (κ1) is 23.6. The predicted molar refractivity (Wildman–Crippen MR) is 138 cm³/mol. The van der Waals surface area contributed by atoms with Crippen LogP contribution in [0.4, 0.5) is 11.4 Å². The van der Waals surface area contributed by atoms with Crippen molar-refractivity contribution in [2.75, 3.05) is 6.61 Å². The average molecular weight is 537 g/mol. The van der Waals surface area contributed by atoms with E-state index in [1.54, 1.807) is 48.5 Å². The van der Waals surface area contributed by atoms with E-state index >= 15 is 0 Å². The average Bonchev–Trinajstić information content (AvgIpc) is 2.82. The predicted octanol–water partition coefficient (Wildman–Crippen LogP) is 6.95. The van der Waals surface area contributed by atoms with E-state index < -0.39 is 11.4 Å². The summed E-state index contributed by atoms with van der Waals surface area (Å²) >= 11 is 9.06. The normalized spacial score (nSPS) is 11.1. The Morgan fingerprint density at radius 2 is 1.50 bits per heavy atom. The summed E-state index contributed by atoms with van der Waals surface area (Å²) in [5.41, 5.74) is 1.88. The lowest BCUT2D eigenvalue weighted by molar-refractivity contribution is 0.340. The Bertz CT molecular complexity index is 1460. The Hall–Kier alpha value is -3.56. The molecule has 172 valence electrons. The molecule has 0 aliphatic rings. The van der Waals surface area contributed by atoms with Crippen molar-refractivity contribution in [3.05, 3.63) is 98.0 Å². The number of aromatic nitrogens is 2. The molecule has 7 nitrogen and oxygen atoms in total. The van der Waals surface area contributed by atoms with Crippen LogP contribution in [0, 0.1) is 11.7 Å². The van der Waals surface area contributed by atoms with Gasteiger partial charge in [0, 0.05) is 4.47 Å². The van der Waals surface area contributed by atoms with Crippen LogP contribution in [0.1, 0.15) is 12.5 Å². The second kappa shape index (κ2) is 10.1. The fourth-order valence-corrected chi connectivity index (χ4v) is 3.94. The van der Waals surface area contributed by atoms with Crippen molar-refractivity contribution in [2.24, 2.45) is 10.2 Å². The van der Waals surface area contributed by atoms with Crippen LogP contribution in [0.3, 0.4) is 0 Å². The molecule has 0 radical (unpaired) electrons. The van der Waals surface area contributed by atoms with E-state index in [0.29, 0.717) is 29.4 Å². The van der Waals surface area contributed by atoms with E-state index in [1.165, 1.54) is 9.13 Å². The minimum absolute atomic E-state index is 0.0864. The molecule has 0 spiro atoms. The van der Waals surface area contributed by atoms with Gasteiger partial charge in [0.1, 0.15) is 5.75 Å². The molecular weight excluding hydrogens is 516 g/mol. The number of hydrogen-bond donors (Lipinski definition) is 1. The maximum absolute atomic E-state index is 13.5. The third-order valence-electron chi connectivity index (χ3n) is 5.00. The molecule has 0 amide bonds. The molecule has 4 aromatic rings. The number of rotatable bonds is 6.